The van der Waals surface area contributed by atoms with Crippen molar-refractivity contribution in [2.45, 2.75) is 46.4 Å². The molecule has 2 aromatic rings. The first-order valence-electron chi connectivity index (χ1n) is 7.59. The summed E-state index contributed by atoms with van der Waals surface area (Å²) in [5, 5.41) is 3.46. The second-order valence-corrected chi connectivity index (χ2v) is 5.89. The van der Waals surface area contributed by atoms with Crippen LogP contribution in [0.2, 0.25) is 0 Å². The number of nitrogens with one attached hydrogen (secondary N) is 1. The first-order chi connectivity index (χ1) is 10.1. The van der Waals surface area contributed by atoms with Crippen molar-refractivity contribution in [2.75, 3.05) is 7.05 Å². The van der Waals surface area contributed by atoms with Crippen molar-refractivity contribution in [3.63, 3.8) is 0 Å². The Morgan fingerprint density at radius 1 is 1.05 bits per heavy atom. The van der Waals surface area contributed by atoms with Crippen LogP contribution < -0.4 is 5.32 Å². The lowest BCUT2D eigenvalue weighted by Gasteiger charge is -2.22. The van der Waals surface area contributed by atoms with E-state index < -0.39 is 0 Å². The molecule has 0 saturated carbocycles. The zero-order chi connectivity index (χ0) is 15.2. The van der Waals surface area contributed by atoms with E-state index >= 15 is 0 Å². The number of hydrogen-bond acceptors (Lipinski definition) is 3. The van der Waals surface area contributed by atoms with E-state index in [0.717, 1.165) is 31.2 Å². The Morgan fingerprint density at radius 3 is 2.38 bits per heavy atom. The number of furan rings is 1. The van der Waals surface area contributed by atoms with Gasteiger partial charge < -0.3 is 9.73 Å². The lowest BCUT2D eigenvalue weighted by atomic mass is 10.1. The van der Waals surface area contributed by atoms with Crippen LogP contribution in [0.3, 0.4) is 0 Å². The van der Waals surface area contributed by atoms with Gasteiger partial charge in [0.05, 0.1) is 6.54 Å². The van der Waals surface area contributed by atoms with Crippen molar-refractivity contribution in [3.05, 3.63) is 59.0 Å². The lowest BCUT2D eigenvalue weighted by molar-refractivity contribution is 0.265. The van der Waals surface area contributed by atoms with E-state index in [1.807, 2.05) is 19.1 Å². The second kappa shape index (κ2) is 7.43. The predicted molar refractivity (Wildman–Crippen MR) is 87.0 cm³/mol. The topological polar surface area (TPSA) is 28.4 Å². The van der Waals surface area contributed by atoms with Gasteiger partial charge in [0.2, 0.25) is 0 Å². The first-order valence-corrected chi connectivity index (χ1v) is 7.59. The third-order valence-electron chi connectivity index (χ3n) is 3.83. The molecule has 1 aromatic carbocycles. The molecule has 3 nitrogen and oxygen atoms in total. The van der Waals surface area contributed by atoms with Gasteiger partial charge in [-0.1, -0.05) is 24.3 Å². The zero-order valence-corrected chi connectivity index (χ0v) is 13.5. The van der Waals surface area contributed by atoms with Gasteiger partial charge in [-0.3, -0.25) is 4.90 Å². The Morgan fingerprint density at radius 2 is 1.76 bits per heavy atom. The van der Waals surface area contributed by atoms with Crippen molar-refractivity contribution in [1.82, 2.24) is 10.2 Å². The van der Waals surface area contributed by atoms with Crippen LogP contribution in [0.1, 0.15) is 36.5 Å². The molecule has 21 heavy (non-hydrogen) atoms. The molecule has 1 heterocycles. The molecule has 114 valence electrons. The highest BCUT2D eigenvalue weighted by Gasteiger charge is 2.08. The van der Waals surface area contributed by atoms with Crippen LogP contribution in [-0.2, 0) is 19.6 Å². The summed E-state index contributed by atoms with van der Waals surface area (Å²) in [5.41, 5.74) is 2.74. The van der Waals surface area contributed by atoms with Gasteiger partial charge in [0.15, 0.2) is 0 Å². The van der Waals surface area contributed by atoms with E-state index in [1.165, 1.54) is 11.1 Å². The zero-order valence-electron chi connectivity index (χ0n) is 13.5. The highest BCUT2D eigenvalue weighted by Crippen LogP contribution is 2.13. The molecule has 0 atom stereocenters. The van der Waals surface area contributed by atoms with E-state index in [-0.39, 0.29) is 0 Å². The summed E-state index contributed by atoms with van der Waals surface area (Å²) in [7, 11) is 2.17. The molecule has 0 amide bonds. The Bertz CT molecular complexity index is 560. The molecule has 0 bridgehead atoms. The highest BCUT2D eigenvalue weighted by molar-refractivity contribution is 5.27. The summed E-state index contributed by atoms with van der Waals surface area (Å²) >= 11 is 0. The van der Waals surface area contributed by atoms with Gasteiger partial charge in [-0.2, -0.15) is 0 Å². The smallest absolute Gasteiger partial charge is 0.117 e. The van der Waals surface area contributed by atoms with Gasteiger partial charge in [0.1, 0.15) is 11.5 Å². The van der Waals surface area contributed by atoms with Crippen molar-refractivity contribution >= 4 is 0 Å². The molecule has 2 rings (SSSR count). The third-order valence-corrected chi connectivity index (χ3v) is 3.83. The minimum absolute atomic E-state index is 0.553. The maximum atomic E-state index is 5.58. The van der Waals surface area contributed by atoms with Gasteiger partial charge in [-0.15, -0.1) is 0 Å². The molecule has 0 aliphatic rings. The minimum atomic E-state index is 0.553. The fourth-order valence-electron chi connectivity index (χ4n) is 2.24. The van der Waals surface area contributed by atoms with E-state index in [2.05, 4.69) is 55.4 Å². The monoisotopic (exact) mass is 286 g/mol. The molecule has 3 heteroatoms. The minimum Gasteiger partial charge on any atom is -0.465 e. The average molecular weight is 286 g/mol. The largest absolute Gasteiger partial charge is 0.465 e. The van der Waals surface area contributed by atoms with Crippen LogP contribution in [0.4, 0.5) is 0 Å². The summed E-state index contributed by atoms with van der Waals surface area (Å²) in [4.78, 5) is 2.36. The molecule has 0 unspecified atom stereocenters. The number of benzene rings is 1. The van der Waals surface area contributed by atoms with E-state index in [1.54, 1.807) is 0 Å². The van der Waals surface area contributed by atoms with Crippen LogP contribution >= 0.6 is 0 Å². The normalized spacial score (nSPS) is 11.5. The molecular formula is C18H26N2O. The number of rotatable bonds is 7. The van der Waals surface area contributed by atoms with Crippen LogP contribution in [0.25, 0.3) is 0 Å². The standard InChI is InChI=1S/C18H26N2O/c1-14(2)20(4)13-17-8-6-5-7-16(17)11-19-12-18-10-9-15(3)21-18/h5-10,14,19H,11-13H2,1-4H3. The molecule has 0 saturated heterocycles. The summed E-state index contributed by atoms with van der Waals surface area (Å²) in [6, 6.07) is 13.2. The Kier molecular flexibility index (Phi) is 5.59. The molecule has 0 aliphatic heterocycles. The SMILES string of the molecule is Cc1ccc(CNCc2ccccc2CN(C)C(C)C)o1. The van der Waals surface area contributed by atoms with Gasteiger partial charge in [-0.05, 0) is 51.1 Å². The van der Waals surface area contributed by atoms with E-state index in [0.29, 0.717) is 6.04 Å². The van der Waals surface area contributed by atoms with Crippen LogP contribution in [0.15, 0.2) is 40.8 Å². The first kappa shape index (κ1) is 15.8. The van der Waals surface area contributed by atoms with Crippen LogP contribution in [-0.4, -0.2) is 18.0 Å². The quantitative estimate of drug-likeness (QED) is 0.841. The molecule has 0 radical (unpaired) electrons. The number of aryl methyl sites for hydroxylation is 1. The maximum absolute atomic E-state index is 5.58. The predicted octanol–water partition coefficient (Wildman–Crippen LogP) is 3.72. The number of nitrogens with zero attached hydrogens (tertiary/aromatic N) is 1. The molecule has 0 fully saturated rings. The summed E-state index contributed by atoms with van der Waals surface area (Å²) < 4.78 is 5.58. The third kappa shape index (κ3) is 4.73. The van der Waals surface area contributed by atoms with Crippen LogP contribution in [0.5, 0.6) is 0 Å². The molecule has 0 spiro atoms. The van der Waals surface area contributed by atoms with Gasteiger partial charge in [0.25, 0.3) is 0 Å². The summed E-state index contributed by atoms with van der Waals surface area (Å²) in [6.45, 7) is 9.03. The fraction of sp³-hybridized carbons (Fsp3) is 0.444. The van der Waals surface area contributed by atoms with Crippen LogP contribution in [0, 0.1) is 6.92 Å². The molecular weight excluding hydrogens is 260 g/mol. The molecule has 1 N–H and O–H groups in total. The van der Waals surface area contributed by atoms with Gasteiger partial charge in [-0.25, -0.2) is 0 Å². The van der Waals surface area contributed by atoms with Crippen molar-refractivity contribution in [1.29, 1.82) is 0 Å². The van der Waals surface area contributed by atoms with Crippen molar-refractivity contribution in [3.8, 4) is 0 Å². The fourth-order valence-corrected chi connectivity index (χ4v) is 2.24. The Hall–Kier alpha value is -1.58. The summed E-state index contributed by atoms with van der Waals surface area (Å²) in [5.74, 6) is 1.95. The van der Waals surface area contributed by atoms with Gasteiger partial charge in [0, 0.05) is 19.1 Å². The van der Waals surface area contributed by atoms with Crippen molar-refractivity contribution in [2.24, 2.45) is 0 Å². The Balaban J connectivity index is 1.93. The molecule has 1 aromatic heterocycles. The Labute approximate surface area is 128 Å². The summed E-state index contributed by atoms with van der Waals surface area (Å²) in [6.07, 6.45) is 0. The lowest BCUT2D eigenvalue weighted by Crippen LogP contribution is -2.26. The second-order valence-electron chi connectivity index (χ2n) is 5.89. The maximum Gasteiger partial charge on any atom is 0.117 e. The van der Waals surface area contributed by atoms with E-state index in [4.69, 9.17) is 4.42 Å². The highest BCUT2D eigenvalue weighted by atomic mass is 16.3. The molecule has 0 aliphatic carbocycles. The van der Waals surface area contributed by atoms with E-state index in [9.17, 15) is 0 Å². The van der Waals surface area contributed by atoms with Gasteiger partial charge >= 0.3 is 0 Å². The average Bonchev–Trinajstić information content (AvgIpc) is 2.86. The number of hydrogen-bond donors (Lipinski definition) is 1. The van der Waals surface area contributed by atoms with Crippen molar-refractivity contribution < 1.29 is 4.42 Å².